The molecule has 0 aromatic heterocycles. The Morgan fingerprint density at radius 1 is 1.00 bits per heavy atom. The van der Waals surface area contributed by atoms with Gasteiger partial charge in [0.2, 0.25) is 0 Å². The second kappa shape index (κ2) is 9.46. The molecule has 102 valence electrons. The van der Waals surface area contributed by atoms with Gasteiger partial charge in [-0.3, -0.25) is 9.69 Å². The normalized spacial score (nSPS) is 13.3. The van der Waals surface area contributed by atoms with Crippen LogP contribution in [0.4, 0.5) is 0 Å². The summed E-state index contributed by atoms with van der Waals surface area (Å²) in [5.74, 6) is 0.106. The van der Waals surface area contributed by atoms with Crippen molar-refractivity contribution < 1.29 is 9.90 Å². The van der Waals surface area contributed by atoms with Gasteiger partial charge >= 0.3 is 5.97 Å². The Morgan fingerprint density at radius 3 is 1.88 bits per heavy atom. The molecule has 0 aliphatic heterocycles. The van der Waals surface area contributed by atoms with Gasteiger partial charge in [0.1, 0.15) is 6.04 Å². The van der Waals surface area contributed by atoms with Crippen LogP contribution in [0.5, 0.6) is 0 Å². The molecule has 0 bridgehead atoms. The summed E-state index contributed by atoms with van der Waals surface area (Å²) in [5, 5.41) is 9.00. The predicted octanol–water partition coefficient (Wildman–Crippen LogP) is 3.39. The Kier molecular flexibility index (Phi) is 9.14. The maximum absolute atomic E-state index is 10.9. The zero-order valence-corrected chi connectivity index (χ0v) is 11.9. The van der Waals surface area contributed by atoms with Gasteiger partial charge in [-0.05, 0) is 26.4 Å². The largest absolute Gasteiger partial charge is 0.480 e. The fourth-order valence-electron chi connectivity index (χ4n) is 2.02. The SMILES string of the molecule is CC(C)CCCCCCCC(C(=O)O)N(C)C. The van der Waals surface area contributed by atoms with Gasteiger partial charge in [0.15, 0.2) is 0 Å². The van der Waals surface area contributed by atoms with Gasteiger partial charge in [-0.25, -0.2) is 0 Å². The fraction of sp³-hybridized carbons (Fsp3) is 0.929. The minimum Gasteiger partial charge on any atom is -0.480 e. The van der Waals surface area contributed by atoms with E-state index >= 15 is 0 Å². The summed E-state index contributed by atoms with van der Waals surface area (Å²) in [5.41, 5.74) is 0. The summed E-state index contributed by atoms with van der Waals surface area (Å²) in [6, 6.07) is -0.314. The fourth-order valence-corrected chi connectivity index (χ4v) is 2.02. The molecule has 0 saturated carbocycles. The highest BCUT2D eigenvalue weighted by Crippen LogP contribution is 2.13. The standard InChI is InChI=1S/C14H29NO2/c1-12(2)10-8-6-5-7-9-11-13(14(16)17)15(3)4/h12-13H,5-11H2,1-4H3,(H,16,17). The maximum Gasteiger partial charge on any atom is 0.320 e. The summed E-state index contributed by atoms with van der Waals surface area (Å²) in [6.07, 6.45) is 8.12. The zero-order valence-electron chi connectivity index (χ0n) is 11.9. The molecule has 0 radical (unpaired) electrons. The third kappa shape index (κ3) is 9.16. The molecule has 0 rings (SSSR count). The van der Waals surface area contributed by atoms with Crippen LogP contribution in [0.2, 0.25) is 0 Å². The molecular weight excluding hydrogens is 214 g/mol. The maximum atomic E-state index is 10.9. The minimum absolute atomic E-state index is 0.314. The van der Waals surface area contributed by atoms with Crippen molar-refractivity contribution in [2.45, 2.75) is 64.8 Å². The molecule has 1 unspecified atom stereocenters. The van der Waals surface area contributed by atoms with Crippen molar-refractivity contribution in [3.05, 3.63) is 0 Å². The number of carboxylic acid groups (broad SMARTS) is 1. The minimum atomic E-state index is -0.699. The first-order valence-corrected chi connectivity index (χ1v) is 6.84. The molecule has 0 spiro atoms. The molecule has 0 aromatic rings. The summed E-state index contributed by atoms with van der Waals surface area (Å²) < 4.78 is 0. The highest BCUT2D eigenvalue weighted by Gasteiger charge is 2.18. The third-order valence-corrected chi connectivity index (χ3v) is 3.17. The van der Waals surface area contributed by atoms with Crippen molar-refractivity contribution in [1.82, 2.24) is 4.90 Å². The Morgan fingerprint density at radius 2 is 1.47 bits per heavy atom. The number of carboxylic acids is 1. The van der Waals surface area contributed by atoms with E-state index in [0.29, 0.717) is 0 Å². The first-order chi connectivity index (χ1) is 7.95. The number of hydrogen-bond acceptors (Lipinski definition) is 2. The van der Waals surface area contributed by atoms with Gasteiger partial charge < -0.3 is 5.11 Å². The smallest absolute Gasteiger partial charge is 0.320 e. The third-order valence-electron chi connectivity index (χ3n) is 3.17. The van der Waals surface area contributed by atoms with Gasteiger partial charge in [0.25, 0.3) is 0 Å². The number of nitrogens with zero attached hydrogens (tertiary/aromatic N) is 1. The zero-order chi connectivity index (χ0) is 13.3. The number of unbranched alkanes of at least 4 members (excludes halogenated alkanes) is 4. The van der Waals surface area contributed by atoms with E-state index in [-0.39, 0.29) is 6.04 Å². The second-order valence-corrected chi connectivity index (χ2v) is 5.56. The van der Waals surface area contributed by atoms with E-state index in [2.05, 4.69) is 13.8 Å². The molecule has 1 N–H and O–H groups in total. The van der Waals surface area contributed by atoms with Crippen LogP contribution < -0.4 is 0 Å². The van der Waals surface area contributed by atoms with Gasteiger partial charge in [-0.15, -0.1) is 0 Å². The second-order valence-electron chi connectivity index (χ2n) is 5.56. The van der Waals surface area contributed by atoms with E-state index in [1.165, 1.54) is 25.7 Å². The monoisotopic (exact) mass is 243 g/mol. The molecule has 0 aliphatic carbocycles. The molecule has 0 aliphatic rings. The van der Waals surface area contributed by atoms with Crippen LogP contribution in [0, 0.1) is 5.92 Å². The highest BCUT2D eigenvalue weighted by molar-refractivity contribution is 5.73. The molecule has 0 aromatic carbocycles. The first-order valence-electron chi connectivity index (χ1n) is 6.84. The Labute approximate surface area is 106 Å². The van der Waals surface area contributed by atoms with Crippen molar-refractivity contribution in [3.63, 3.8) is 0 Å². The van der Waals surface area contributed by atoms with Crippen molar-refractivity contribution >= 4 is 5.97 Å². The quantitative estimate of drug-likeness (QED) is 0.598. The van der Waals surface area contributed by atoms with E-state index < -0.39 is 5.97 Å². The molecule has 0 fully saturated rings. The molecule has 1 atom stereocenters. The molecule has 0 heterocycles. The number of carbonyl (C=O) groups is 1. The van der Waals surface area contributed by atoms with Crippen molar-refractivity contribution in [2.24, 2.45) is 5.92 Å². The summed E-state index contributed by atoms with van der Waals surface area (Å²) in [7, 11) is 3.67. The number of hydrogen-bond donors (Lipinski definition) is 1. The van der Waals surface area contributed by atoms with E-state index in [9.17, 15) is 4.79 Å². The summed E-state index contributed by atoms with van der Waals surface area (Å²) in [6.45, 7) is 4.52. The predicted molar refractivity (Wildman–Crippen MR) is 72.3 cm³/mol. The highest BCUT2D eigenvalue weighted by atomic mass is 16.4. The van der Waals surface area contributed by atoms with E-state index in [1.54, 1.807) is 4.90 Å². The van der Waals surface area contributed by atoms with Gasteiger partial charge in [-0.2, -0.15) is 0 Å². The average Bonchev–Trinajstić information content (AvgIpc) is 2.20. The molecule has 0 saturated heterocycles. The van der Waals surface area contributed by atoms with E-state index in [0.717, 1.165) is 25.2 Å². The van der Waals surface area contributed by atoms with Gasteiger partial charge in [0.05, 0.1) is 0 Å². The molecular formula is C14H29NO2. The first kappa shape index (κ1) is 16.4. The van der Waals surface area contributed by atoms with Crippen LogP contribution >= 0.6 is 0 Å². The van der Waals surface area contributed by atoms with Crippen LogP contribution in [0.1, 0.15) is 58.8 Å². The van der Waals surface area contributed by atoms with Gasteiger partial charge in [0, 0.05) is 0 Å². The molecule has 17 heavy (non-hydrogen) atoms. The van der Waals surface area contributed by atoms with Crippen molar-refractivity contribution in [1.29, 1.82) is 0 Å². The lowest BCUT2D eigenvalue weighted by molar-refractivity contribution is -0.142. The molecule has 3 nitrogen and oxygen atoms in total. The van der Waals surface area contributed by atoms with Crippen LogP contribution in [0.15, 0.2) is 0 Å². The van der Waals surface area contributed by atoms with E-state index in [1.807, 2.05) is 14.1 Å². The summed E-state index contributed by atoms with van der Waals surface area (Å²) in [4.78, 5) is 12.7. The molecule has 0 amide bonds. The van der Waals surface area contributed by atoms with Crippen LogP contribution in [-0.4, -0.2) is 36.1 Å². The van der Waals surface area contributed by atoms with Crippen LogP contribution in [-0.2, 0) is 4.79 Å². The lowest BCUT2D eigenvalue weighted by Gasteiger charge is -2.19. The van der Waals surface area contributed by atoms with Gasteiger partial charge in [-0.1, -0.05) is 52.4 Å². The Balaban J connectivity index is 3.46. The lowest BCUT2D eigenvalue weighted by atomic mass is 10.0. The van der Waals surface area contributed by atoms with Crippen LogP contribution in [0.25, 0.3) is 0 Å². The van der Waals surface area contributed by atoms with Crippen molar-refractivity contribution in [3.8, 4) is 0 Å². The molecule has 3 heteroatoms. The average molecular weight is 243 g/mol. The lowest BCUT2D eigenvalue weighted by Crippen LogP contribution is -2.35. The number of rotatable bonds is 10. The van der Waals surface area contributed by atoms with E-state index in [4.69, 9.17) is 5.11 Å². The number of aliphatic carboxylic acids is 1. The van der Waals surface area contributed by atoms with Crippen molar-refractivity contribution in [2.75, 3.05) is 14.1 Å². The van der Waals surface area contributed by atoms with Crippen LogP contribution in [0.3, 0.4) is 0 Å². The summed E-state index contributed by atoms with van der Waals surface area (Å²) >= 11 is 0. The Hall–Kier alpha value is -0.570. The number of likely N-dealkylation sites (N-methyl/N-ethyl adjacent to an activating group) is 1. The topological polar surface area (TPSA) is 40.5 Å². The Bertz CT molecular complexity index is 202.